The Hall–Kier alpha value is -3.12. The number of nitrogens with one attached hydrogen (secondary N) is 2. The first-order chi connectivity index (χ1) is 15.2. The Kier molecular flexibility index (Phi) is 7.04. The molecule has 32 heavy (non-hydrogen) atoms. The van der Waals surface area contributed by atoms with Gasteiger partial charge in [0.2, 0.25) is 0 Å². The molecule has 0 atom stereocenters. The van der Waals surface area contributed by atoms with Crippen molar-refractivity contribution in [3.05, 3.63) is 88.0 Å². The summed E-state index contributed by atoms with van der Waals surface area (Å²) in [7, 11) is -3.86. The summed E-state index contributed by atoms with van der Waals surface area (Å²) >= 11 is 0. The fraction of sp³-hybridized carbons (Fsp3) is 0.269. The number of carbonyl (C=O) groups is 1. The van der Waals surface area contributed by atoms with E-state index < -0.39 is 10.0 Å². The van der Waals surface area contributed by atoms with Gasteiger partial charge < -0.3 is 5.32 Å². The van der Waals surface area contributed by atoms with Gasteiger partial charge in [-0.2, -0.15) is 0 Å². The Bertz CT molecular complexity index is 1240. The lowest BCUT2D eigenvalue weighted by Gasteiger charge is -2.16. The van der Waals surface area contributed by atoms with Crippen LogP contribution in [0.5, 0.6) is 0 Å². The molecule has 0 heterocycles. The van der Waals surface area contributed by atoms with Crippen molar-refractivity contribution in [2.75, 3.05) is 10.0 Å². The maximum absolute atomic E-state index is 13.2. The molecule has 3 aromatic rings. The number of hydrogen-bond donors (Lipinski definition) is 2. The smallest absolute Gasteiger partial charge is 0.262 e. The minimum absolute atomic E-state index is 0.0876. The molecule has 1 amide bonds. The number of hydrogen-bond acceptors (Lipinski definition) is 3. The van der Waals surface area contributed by atoms with Crippen LogP contribution in [0.4, 0.5) is 11.4 Å². The lowest BCUT2D eigenvalue weighted by atomic mass is 10.0. The summed E-state index contributed by atoms with van der Waals surface area (Å²) < 4.78 is 29.0. The van der Waals surface area contributed by atoms with E-state index in [4.69, 9.17) is 0 Å². The number of sulfonamides is 1. The van der Waals surface area contributed by atoms with Crippen LogP contribution >= 0.6 is 0 Å². The fourth-order valence-corrected chi connectivity index (χ4v) is 5.15. The summed E-state index contributed by atoms with van der Waals surface area (Å²) in [5.41, 5.74) is 6.19. The highest BCUT2D eigenvalue weighted by Gasteiger charge is 2.21. The Morgan fingerprint density at radius 1 is 0.844 bits per heavy atom. The van der Waals surface area contributed by atoms with Crippen LogP contribution in [-0.4, -0.2) is 14.3 Å². The molecule has 0 unspecified atom stereocenters. The van der Waals surface area contributed by atoms with Crippen molar-refractivity contribution >= 4 is 27.3 Å². The summed E-state index contributed by atoms with van der Waals surface area (Å²) in [6, 6.07) is 16.3. The van der Waals surface area contributed by atoms with E-state index in [9.17, 15) is 13.2 Å². The van der Waals surface area contributed by atoms with Gasteiger partial charge in [0.15, 0.2) is 0 Å². The molecule has 3 rings (SSSR count). The molecule has 0 spiro atoms. The van der Waals surface area contributed by atoms with E-state index in [1.165, 1.54) is 6.07 Å². The molecular formula is C26H30N2O3S. The van der Waals surface area contributed by atoms with Gasteiger partial charge in [0, 0.05) is 11.3 Å². The number of para-hydroxylation sites is 1. The predicted octanol–water partition coefficient (Wildman–Crippen LogP) is 5.79. The van der Waals surface area contributed by atoms with Crippen molar-refractivity contribution < 1.29 is 13.2 Å². The molecule has 5 nitrogen and oxygen atoms in total. The molecule has 0 bridgehead atoms. The second-order valence-electron chi connectivity index (χ2n) is 8.02. The molecule has 168 valence electrons. The summed E-state index contributed by atoms with van der Waals surface area (Å²) in [5.74, 6) is -0.330. The van der Waals surface area contributed by atoms with Crippen LogP contribution in [-0.2, 0) is 22.9 Å². The maximum Gasteiger partial charge on any atom is 0.262 e. The van der Waals surface area contributed by atoms with Gasteiger partial charge in [-0.1, -0.05) is 55.8 Å². The third-order valence-corrected chi connectivity index (χ3v) is 7.11. The monoisotopic (exact) mass is 450 g/mol. The Morgan fingerprint density at radius 3 is 2.09 bits per heavy atom. The van der Waals surface area contributed by atoms with Crippen molar-refractivity contribution in [2.45, 2.75) is 52.4 Å². The molecule has 2 N–H and O–H groups in total. The SMILES string of the molecule is CCc1cccc(CC)c1NC(=O)c1ccc(C)c(S(=O)(=O)Nc2ccc(C)cc2C)c1. The molecule has 0 radical (unpaired) electrons. The van der Waals surface area contributed by atoms with Gasteiger partial charge in [0.1, 0.15) is 0 Å². The summed E-state index contributed by atoms with van der Waals surface area (Å²) in [6.45, 7) is 9.62. The largest absolute Gasteiger partial charge is 0.321 e. The summed E-state index contributed by atoms with van der Waals surface area (Å²) in [5, 5.41) is 3.01. The number of amides is 1. The van der Waals surface area contributed by atoms with Gasteiger partial charge in [-0.25, -0.2) is 8.42 Å². The molecule has 0 aliphatic carbocycles. The zero-order valence-corrected chi connectivity index (χ0v) is 20.1. The van der Waals surface area contributed by atoms with Crippen molar-refractivity contribution in [1.82, 2.24) is 0 Å². The molecular weight excluding hydrogens is 420 g/mol. The minimum Gasteiger partial charge on any atom is -0.321 e. The van der Waals surface area contributed by atoms with Crippen molar-refractivity contribution in [3.8, 4) is 0 Å². The summed E-state index contributed by atoms with van der Waals surface area (Å²) in [6.07, 6.45) is 1.58. The molecule has 3 aromatic carbocycles. The minimum atomic E-state index is -3.86. The van der Waals surface area contributed by atoms with E-state index in [0.29, 0.717) is 16.8 Å². The van der Waals surface area contributed by atoms with Crippen LogP contribution in [0, 0.1) is 20.8 Å². The van der Waals surface area contributed by atoms with Crippen LogP contribution in [0.15, 0.2) is 59.5 Å². The highest BCUT2D eigenvalue weighted by Crippen LogP contribution is 2.26. The number of anilines is 2. The second kappa shape index (κ2) is 9.57. The Labute approximate surface area is 190 Å². The van der Waals surface area contributed by atoms with E-state index in [2.05, 4.69) is 10.0 Å². The van der Waals surface area contributed by atoms with Gasteiger partial charge in [-0.3, -0.25) is 9.52 Å². The van der Waals surface area contributed by atoms with Crippen molar-refractivity contribution in [2.24, 2.45) is 0 Å². The van der Waals surface area contributed by atoms with Gasteiger partial charge >= 0.3 is 0 Å². The highest BCUT2D eigenvalue weighted by atomic mass is 32.2. The van der Waals surface area contributed by atoms with Gasteiger partial charge in [-0.15, -0.1) is 0 Å². The topological polar surface area (TPSA) is 75.3 Å². The fourth-order valence-electron chi connectivity index (χ4n) is 3.75. The predicted molar refractivity (Wildman–Crippen MR) is 131 cm³/mol. The zero-order chi connectivity index (χ0) is 23.5. The van der Waals surface area contributed by atoms with Crippen molar-refractivity contribution in [1.29, 1.82) is 0 Å². The lowest BCUT2D eigenvalue weighted by molar-refractivity contribution is 0.102. The van der Waals surface area contributed by atoms with Gasteiger partial charge in [0.25, 0.3) is 15.9 Å². The quantitative estimate of drug-likeness (QED) is 0.478. The van der Waals surface area contributed by atoms with E-state index in [1.54, 1.807) is 25.1 Å². The Morgan fingerprint density at radius 2 is 1.50 bits per heavy atom. The first-order valence-corrected chi connectivity index (χ1v) is 12.3. The molecule has 0 aliphatic heterocycles. The van der Waals surface area contributed by atoms with Crippen LogP contribution < -0.4 is 10.0 Å². The van der Waals surface area contributed by atoms with Crippen LogP contribution in [0.3, 0.4) is 0 Å². The van der Waals surface area contributed by atoms with E-state index in [1.807, 2.05) is 58.0 Å². The number of aryl methyl sites for hydroxylation is 5. The average Bonchev–Trinajstić information content (AvgIpc) is 2.75. The zero-order valence-electron chi connectivity index (χ0n) is 19.2. The van der Waals surface area contributed by atoms with Crippen LogP contribution in [0.1, 0.15) is 52.0 Å². The standard InChI is InChI=1S/C26H30N2O3S/c1-6-20-9-8-10-21(7-2)25(20)27-26(29)22-13-12-18(4)24(16-22)32(30,31)28-23-14-11-17(3)15-19(23)5/h8-16,28H,6-7H2,1-5H3,(H,27,29). The second-order valence-corrected chi connectivity index (χ2v) is 9.67. The third kappa shape index (κ3) is 5.02. The first kappa shape index (κ1) is 23.5. The third-order valence-electron chi connectivity index (χ3n) is 5.60. The first-order valence-electron chi connectivity index (χ1n) is 10.8. The van der Waals surface area contributed by atoms with E-state index >= 15 is 0 Å². The maximum atomic E-state index is 13.2. The number of rotatable bonds is 7. The normalized spacial score (nSPS) is 11.3. The number of benzene rings is 3. The average molecular weight is 451 g/mol. The molecule has 0 aromatic heterocycles. The van der Waals surface area contributed by atoms with Gasteiger partial charge in [-0.05, 0) is 74.1 Å². The van der Waals surface area contributed by atoms with Crippen molar-refractivity contribution in [3.63, 3.8) is 0 Å². The van der Waals surface area contributed by atoms with Gasteiger partial charge in [0.05, 0.1) is 10.6 Å². The van der Waals surface area contributed by atoms with Crippen LogP contribution in [0.2, 0.25) is 0 Å². The lowest BCUT2D eigenvalue weighted by Crippen LogP contribution is -2.18. The molecule has 0 saturated heterocycles. The molecule has 0 saturated carbocycles. The summed E-state index contributed by atoms with van der Waals surface area (Å²) in [4.78, 5) is 13.2. The molecule has 0 fully saturated rings. The Balaban J connectivity index is 1.94. The van der Waals surface area contributed by atoms with E-state index in [-0.39, 0.29) is 10.8 Å². The molecule has 0 aliphatic rings. The highest BCUT2D eigenvalue weighted by molar-refractivity contribution is 7.92. The van der Waals surface area contributed by atoms with Crippen LogP contribution in [0.25, 0.3) is 0 Å². The molecule has 6 heteroatoms. The van der Waals surface area contributed by atoms with E-state index in [0.717, 1.165) is 40.8 Å². The number of carbonyl (C=O) groups excluding carboxylic acids is 1.